The molecule has 0 aliphatic heterocycles. The molecule has 0 amide bonds. The Kier molecular flexibility index (Phi) is 9.09. The van der Waals surface area contributed by atoms with E-state index in [4.69, 9.17) is 4.74 Å². The van der Waals surface area contributed by atoms with Gasteiger partial charge in [0.2, 0.25) is 0 Å². The summed E-state index contributed by atoms with van der Waals surface area (Å²) < 4.78 is 43.7. The quantitative estimate of drug-likeness (QED) is 0.347. The Hall–Kier alpha value is -0.430. The van der Waals surface area contributed by atoms with Crippen LogP contribution in [0.3, 0.4) is 0 Å². The number of halogens is 3. The predicted octanol–water partition coefficient (Wildman–Crippen LogP) is 6.44. The fourth-order valence-electron chi connectivity index (χ4n) is 2.43. The fraction of sp³-hybridized carbons (Fsp3) is 0.579. The SMILES string of the molecule is CC(C)=CCC[C@H](C)CCOC(P)(P)Cc1ccc(C(F)(F)F)cc1. The first kappa shape index (κ1) is 22.6. The van der Waals surface area contributed by atoms with E-state index in [1.165, 1.54) is 17.7 Å². The first-order valence-electron chi connectivity index (χ1n) is 8.51. The fourth-order valence-corrected chi connectivity index (χ4v) is 3.14. The van der Waals surface area contributed by atoms with Gasteiger partial charge in [-0.1, -0.05) is 49.2 Å². The van der Waals surface area contributed by atoms with Crippen LogP contribution < -0.4 is 0 Å². The number of ether oxygens (including phenoxy) is 1. The average Bonchev–Trinajstić information content (AvgIpc) is 2.45. The third-order valence-corrected chi connectivity index (χ3v) is 4.70. The minimum absolute atomic E-state index is 0.520. The topological polar surface area (TPSA) is 9.23 Å². The van der Waals surface area contributed by atoms with Gasteiger partial charge in [-0.05, 0) is 56.7 Å². The maximum absolute atomic E-state index is 12.6. The summed E-state index contributed by atoms with van der Waals surface area (Å²) in [6.45, 7) is 7.05. The summed E-state index contributed by atoms with van der Waals surface area (Å²) in [4.78, 5) is 0. The summed E-state index contributed by atoms with van der Waals surface area (Å²) in [5, 5.41) is -0.556. The van der Waals surface area contributed by atoms with Crippen LogP contribution in [0.2, 0.25) is 0 Å². The van der Waals surface area contributed by atoms with E-state index in [-0.39, 0.29) is 0 Å². The molecule has 25 heavy (non-hydrogen) atoms. The molecule has 0 saturated carbocycles. The van der Waals surface area contributed by atoms with Crippen LogP contribution in [0.4, 0.5) is 13.2 Å². The van der Waals surface area contributed by atoms with Gasteiger partial charge in [0, 0.05) is 13.0 Å². The number of rotatable bonds is 9. The number of benzene rings is 1. The van der Waals surface area contributed by atoms with Crippen molar-refractivity contribution in [1.29, 1.82) is 0 Å². The first-order valence-corrected chi connectivity index (χ1v) is 9.66. The van der Waals surface area contributed by atoms with E-state index in [9.17, 15) is 13.2 Å². The van der Waals surface area contributed by atoms with Crippen LogP contribution in [0, 0.1) is 5.92 Å². The standard InChI is InChI=1S/C19H29F3OP2/c1-14(2)5-4-6-15(3)11-12-23-18(24,25)13-16-7-9-17(10-8-16)19(20,21)22/h5,7-10,15H,4,6,11-13,24-25H2,1-3H3/t15-/m0/s1. The van der Waals surface area contributed by atoms with Crippen molar-refractivity contribution < 1.29 is 17.9 Å². The van der Waals surface area contributed by atoms with Crippen molar-refractivity contribution >= 4 is 18.5 Å². The first-order chi connectivity index (χ1) is 11.5. The minimum Gasteiger partial charge on any atom is -0.367 e. The summed E-state index contributed by atoms with van der Waals surface area (Å²) in [6, 6.07) is 5.26. The van der Waals surface area contributed by atoms with E-state index in [0.717, 1.165) is 37.0 Å². The number of hydrogen-bond donors (Lipinski definition) is 0. The monoisotopic (exact) mass is 392 g/mol. The minimum atomic E-state index is -4.30. The Balaban J connectivity index is 2.41. The maximum Gasteiger partial charge on any atom is 0.416 e. The largest absolute Gasteiger partial charge is 0.416 e. The van der Waals surface area contributed by atoms with Gasteiger partial charge >= 0.3 is 6.18 Å². The van der Waals surface area contributed by atoms with Crippen molar-refractivity contribution in [1.82, 2.24) is 0 Å². The molecule has 1 rings (SSSR count). The van der Waals surface area contributed by atoms with Crippen LogP contribution in [0.5, 0.6) is 0 Å². The van der Waals surface area contributed by atoms with Gasteiger partial charge in [0.15, 0.2) is 0 Å². The van der Waals surface area contributed by atoms with Crippen LogP contribution in [0.15, 0.2) is 35.9 Å². The van der Waals surface area contributed by atoms with Gasteiger partial charge in [-0.3, -0.25) is 0 Å². The lowest BCUT2D eigenvalue weighted by Gasteiger charge is -2.26. The van der Waals surface area contributed by atoms with Gasteiger partial charge in [-0.25, -0.2) is 0 Å². The second-order valence-electron chi connectivity index (χ2n) is 6.93. The molecule has 0 heterocycles. The second-order valence-corrected chi connectivity index (χ2v) is 9.55. The molecular weight excluding hydrogens is 363 g/mol. The van der Waals surface area contributed by atoms with Crippen LogP contribution in [-0.4, -0.2) is 11.7 Å². The highest BCUT2D eigenvalue weighted by Gasteiger charge is 2.30. The van der Waals surface area contributed by atoms with Crippen molar-refractivity contribution in [3.63, 3.8) is 0 Å². The van der Waals surface area contributed by atoms with E-state index in [0.29, 0.717) is 18.9 Å². The van der Waals surface area contributed by atoms with Crippen molar-refractivity contribution in [2.24, 2.45) is 5.92 Å². The van der Waals surface area contributed by atoms with Gasteiger partial charge < -0.3 is 4.74 Å². The summed E-state index contributed by atoms with van der Waals surface area (Å²) in [5.74, 6) is 0.576. The van der Waals surface area contributed by atoms with E-state index in [2.05, 4.69) is 45.3 Å². The van der Waals surface area contributed by atoms with Gasteiger partial charge in [-0.15, -0.1) is 0 Å². The van der Waals surface area contributed by atoms with E-state index >= 15 is 0 Å². The second kappa shape index (κ2) is 10.0. The number of hydrogen-bond acceptors (Lipinski definition) is 1. The molecule has 6 heteroatoms. The molecule has 0 aromatic heterocycles. The van der Waals surface area contributed by atoms with Crippen LogP contribution in [0.25, 0.3) is 0 Å². The molecule has 0 saturated heterocycles. The highest BCUT2D eigenvalue weighted by molar-refractivity contribution is 7.39. The summed E-state index contributed by atoms with van der Waals surface area (Å²) >= 11 is 0. The molecular formula is C19H29F3OP2. The zero-order valence-electron chi connectivity index (χ0n) is 15.2. The summed E-state index contributed by atoms with van der Waals surface area (Å²) in [6.07, 6.45) is 1.66. The number of allylic oxidation sites excluding steroid dienone is 2. The van der Waals surface area contributed by atoms with Crippen LogP contribution in [-0.2, 0) is 17.3 Å². The Labute approximate surface area is 154 Å². The highest BCUT2D eigenvalue weighted by atomic mass is 31.1. The van der Waals surface area contributed by atoms with Crippen molar-refractivity contribution in [2.45, 2.75) is 57.7 Å². The Morgan fingerprint density at radius 2 is 1.72 bits per heavy atom. The average molecular weight is 392 g/mol. The summed E-state index contributed by atoms with van der Waals surface area (Å²) in [5.41, 5.74) is 1.53. The zero-order valence-corrected chi connectivity index (χ0v) is 17.5. The van der Waals surface area contributed by atoms with Crippen molar-refractivity contribution in [3.05, 3.63) is 47.0 Å². The van der Waals surface area contributed by atoms with Crippen molar-refractivity contribution in [3.8, 4) is 0 Å². The smallest absolute Gasteiger partial charge is 0.367 e. The zero-order chi connectivity index (χ0) is 19.1. The Bertz CT molecular complexity index is 547. The normalized spacial score (nSPS) is 13.6. The molecule has 0 aliphatic carbocycles. The van der Waals surface area contributed by atoms with E-state index < -0.39 is 16.8 Å². The maximum atomic E-state index is 12.6. The van der Waals surface area contributed by atoms with Crippen molar-refractivity contribution in [2.75, 3.05) is 6.61 Å². The van der Waals surface area contributed by atoms with Gasteiger partial charge in [0.25, 0.3) is 0 Å². The molecule has 0 fully saturated rings. The predicted molar refractivity (Wildman–Crippen MR) is 106 cm³/mol. The van der Waals surface area contributed by atoms with Crippen LogP contribution in [0.1, 0.15) is 51.2 Å². The van der Waals surface area contributed by atoms with Gasteiger partial charge in [-0.2, -0.15) is 13.2 Å². The molecule has 3 atom stereocenters. The Morgan fingerprint density at radius 3 is 2.24 bits per heavy atom. The van der Waals surface area contributed by atoms with E-state index in [1.807, 2.05) is 0 Å². The van der Waals surface area contributed by atoms with Gasteiger partial charge in [0.1, 0.15) is 0 Å². The van der Waals surface area contributed by atoms with E-state index in [1.54, 1.807) is 0 Å². The molecule has 0 bridgehead atoms. The summed E-state index contributed by atoms with van der Waals surface area (Å²) in [7, 11) is 5.28. The molecule has 2 unspecified atom stereocenters. The van der Waals surface area contributed by atoms with Crippen LogP contribution >= 0.6 is 18.5 Å². The molecule has 0 spiro atoms. The molecule has 0 aliphatic rings. The molecule has 1 aromatic carbocycles. The third-order valence-electron chi connectivity index (χ3n) is 3.96. The Morgan fingerprint density at radius 1 is 1.12 bits per heavy atom. The van der Waals surface area contributed by atoms with Gasteiger partial charge in [0.05, 0.1) is 10.6 Å². The lowest BCUT2D eigenvalue weighted by Crippen LogP contribution is -2.21. The molecule has 0 radical (unpaired) electrons. The third kappa shape index (κ3) is 9.73. The molecule has 1 aromatic rings. The lowest BCUT2D eigenvalue weighted by molar-refractivity contribution is -0.137. The lowest BCUT2D eigenvalue weighted by atomic mass is 10.0. The highest BCUT2D eigenvalue weighted by Crippen LogP contribution is 2.34. The number of alkyl halides is 3. The molecule has 1 nitrogen and oxygen atoms in total. The molecule has 142 valence electrons. The molecule has 0 N–H and O–H groups in total.